The summed E-state index contributed by atoms with van der Waals surface area (Å²) >= 11 is 1.30. The summed E-state index contributed by atoms with van der Waals surface area (Å²) in [7, 11) is 0. The lowest BCUT2D eigenvalue weighted by atomic mass is 9.84. The molecule has 0 radical (unpaired) electrons. The first-order valence-electron chi connectivity index (χ1n) is 9.96. The third-order valence-corrected chi connectivity index (χ3v) is 6.05. The molecular formula is C20H24N4O4S. The van der Waals surface area contributed by atoms with Gasteiger partial charge in [0.15, 0.2) is 11.5 Å². The van der Waals surface area contributed by atoms with E-state index in [9.17, 15) is 9.59 Å². The van der Waals surface area contributed by atoms with E-state index in [1.165, 1.54) is 11.3 Å². The van der Waals surface area contributed by atoms with Crippen LogP contribution < -0.4 is 14.8 Å². The Hall–Kier alpha value is -2.68. The maximum atomic E-state index is 12.5. The van der Waals surface area contributed by atoms with Crippen LogP contribution in [0.2, 0.25) is 0 Å². The SMILES string of the molecule is CCCN(CCC(=O)Nc1nnc(-c2ccc3c(c2)OCO3)s1)C(=O)C1CCC1. The summed E-state index contributed by atoms with van der Waals surface area (Å²) in [5, 5.41) is 12.1. The zero-order chi connectivity index (χ0) is 20.2. The molecular weight excluding hydrogens is 392 g/mol. The van der Waals surface area contributed by atoms with E-state index in [-0.39, 0.29) is 30.9 Å². The van der Waals surface area contributed by atoms with E-state index in [1.54, 1.807) is 0 Å². The molecule has 2 heterocycles. The van der Waals surface area contributed by atoms with Crippen molar-refractivity contribution < 1.29 is 19.1 Å². The lowest BCUT2D eigenvalue weighted by Gasteiger charge is -2.31. The van der Waals surface area contributed by atoms with Crippen molar-refractivity contribution >= 4 is 28.3 Å². The molecule has 29 heavy (non-hydrogen) atoms. The van der Waals surface area contributed by atoms with Gasteiger partial charge in [0.25, 0.3) is 0 Å². The molecule has 8 nitrogen and oxygen atoms in total. The zero-order valence-electron chi connectivity index (χ0n) is 16.3. The highest BCUT2D eigenvalue weighted by Crippen LogP contribution is 2.37. The first kappa shape index (κ1) is 19.6. The van der Waals surface area contributed by atoms with E-state index < -0.39 is 0 Å². The number of anilines is 1. The number of nitrogens with one attached hydrogen (secondary N) is 1. The quantitative estimate of drug-likeness (QED) is 0.710. The fraction of sp³-hybridized carbons (Fsp3) is 0.500. The number of amides is 2. The first-order chi connectivity index (χ1) is 14.1. The number of carbonyl (C=O) groups excluding carboxylic acids is 2. The lowest BCUT2D eigenvalue weighted by Crippen LogP contribution is -2.40. The standard InChI is InChI=1S/C20H24N4O4S/c1-2-9-24(19(26)13-4-3-5-13)10-8-17(25)21-20-23-22-18(29-20)14-6-7-15-16(11-14)28-12-27-15/h6-7,11,13H,2-5,8-10,12H2,1H3,(H,21,23,25). The smallest absolute Gasteiger partial charge is 0.231 e. The Morgan fingerprint density at radius 3 is 2.79 bits per heavy atom. The van der Waals surface area contributed by atoms with Gasteiger partial charge in [-0.05, 0) is 37.5 Å². The third kappa shape index (κ3) is 4.50. The Morgan fingerprint density at radius 1 is 1.21 bits per heavy atom. The molecule has 1 aromatic carbocycles. The van der Waals surface area contributed by atoms with Gasteiger partial charge in [-0.25, -0.2) is 0 Å². The minimum atomic E-state index is -0.166. The van der Waals surface area contributed by atoms with Gasteiger partial charge in [0, 0.05) is 31.0 Å². The molecule has 1 aliphatic carbocycles. The second-order valence-corrected chi connectivity index (χ2v) is 8.21. The van der Waals surface area contributed by atoms with Crippen LogP contribution in [0.3, 0.4) is 0 Å². The van der Waals surface area contributed by atoms with Crippen LogP contribution in [0.5, 0.6) is 11.5 Å². The molecule has 0 bridgehead atoms. The molecule has 1 saturated carbocycles. The molecule has 9 heteroatoms. The molecule has 1 aliphatic heterocycles. The van der Waals surface area contributed by atoms with Crippen molar-refractivity contribution in [2.24, 2.45) is 5.92 Å². The number of fused-ring (bicyclic) bond motifs is 1. The van der Waals surface area contributed by atoms with Crippen LogP contribution in [0.15, 0.2) is 18.2 Å². The molecule has 154 valence electrons. The van der Waals surface area contributed by atoms with Gasteiger partial charge in [-0.2, -0.15) is 0 Å². The molecule has 4 rings (SSSR count). The van der Waals surface area contributed by atoms with Crippen LogP contribution in [-0.2, 0) is 9.59 Å². The van der Waals surface area contributed by atoms with Gasteiger partial charge in [0.1, 0.15) is 5.01 Å². The number of hydrogen-bond donors (Lipinski definition) is 1. The molecule has 0 spiro atoms. The monoisotopic (exact) mass is 416 g/mol. The minimum Gasteiger partial charge on any atom is -0.454 e. The highest BCUT2D eigenvalue weighted by molar-refractivity contribution is 7.18. The molecule has 1 aromatic heterocycles. The van der Waals surface area contributed by atoms with E-state index in [2.05, 4.69) is 15.5 Å². The summed E-state index contributed by atoms with van der Waals surface area (Å²) in [5.74, 6) is 1.56. The van der Waals surface area contributed by atoms with E-state index >= 15 is 0 Å². The van der Waals surface area contributed by atoms with E-state index in [4.69, 9.17) is 9.47 Å². The fourth-order valence-electron chi connectivity index (χ4n) is 3.35. The number of rotatable bonds is 8. The van der Waals surface area contributed by atoms with Crippen LogP contribution in [0, 0.1) is 5.92 Å². The van der Waals surface area contributed by atoms with Crippen molar-refractivity contribution in [3.63, 3.8) is 0 Å². The summed E-state index contributed by atoms with van der Waals surface area (Å²) in [6.07, 6.45) is 4.20. The second-order valence-electron chi connectivity index (χ2n) is 7.23. The molecule has 1 N–H and O–H groups in total. The fourth-order valence-corrected chi connectivity index (χ4v) is 4.11. The van der Waals surface area contributed by atoms with Crippen molar-refractivity contribution in [3.05, 3.63) is 18.2 Å². The molecule has 1 fully saturated rings. The number of aromatic nitrogens is 2. The highest BCUT2D eigenvalue weighted by Gasteiger charge is 2.29. The Morgan fingerprint density at radius 2 is 2.03 bits per heavy atom. The van der Waals surface area contributed by atoms with Crippen LogP contribution in [0.1, 0.15) is 39.0 Å². The summed E-state index contributed by atoms with van der Waals surface area (Å²) in [6, 6.07) is 5.57. The van der Waals surface area contributed by atoms with Gasteiger partial charge in [0.05, 0.1) is 0 Å². The van der Waals surface area contributed by atoms with Gasteiger partial charge < -0.3 is 19.7 Å². The predicted molar refractivity (Wildman–Crippen MR) is 109 cm³/mol. The molecule has 0 unspecified atom stereocenters. The Balaban J connectivity index is 1.32. The van der Waals surface area contributed by atoms with E-state index in [1.807, 2.05) is 30.0 Å². The zero-order valence-corrected chi connectivity index (χ0v) is 17.2. The van der Waals surface area contributed by atoms with E-state index in [0.717, 1.165) is 31.2 Å². The first-order valence-corrected chi connectivity index (χ1v) is 10.8. The van der Waals surface area contributed by atoms with E-state index in [0.29, 0.717) is 34.7 Å². The van der Waals surface area contributed by atoms with Gasteiger partial charge in [-0.3, -0.25) is 9.59 Å². The van der Waals surface area contributed by atoms with Crippen molar-refractivity contribution in [2.45, 2.75) is 39.0 Å². The molecule has 2 aliphatic rings. The van der Waals surface area contributed by atoms with Crippen LogP contribution in [0.4, 0.5) is 5.13 Å². The Kier molecular flexibility index (Phi) is 5.94. The highest BCUT2D eigenvalue weighted by atomic mass is 32.1. The number of ether oxygens (including phenoxy) is 2. The van der Waals surface area contributed by atoms with Gasteiger partial charge in [-0.15, -0.1) is 10.2 Å². The van der Waals surface area contributed by atoms with Crippen LogP contribution >= 0.6 is 11.3 Å². The second kappa shape index (κ2) is 8.77. The average molecular weight is 417 g/mol. The Bertz CT molecular complexity index is 896. The van der Waals surface area contributed by atoms with Gasteiger partial charge in [0.2, 0.25) is 23.7 Å². The number of benzene rings is 1. The largest absolute Gasteiger partial charge is 0.454 e. The minimum absolute atomic E-state index is 0.150. The van der Waals surface area contributed by atoms with Gasteiger partial charge in [-0.1, -0.05) is 24.7 Å². The van der Waals surface area contributed by atoms with Gasteiger partial charge >= 0.3 is 0 Å². The predicted octanol–water partition coefficient (Wildman–Crippen LogP) is 3.30. The van der Waals surface area contributed by atoms with Crippen LogP contribution in [-0.4, -0.2) is 46.8 Å². The number of hydrogen-bond acceptors (Lipinski definition) is 7. The molecule has 0 atom stereocenters. The normalized spacial score (nSPS) is 15.1. The summed E-state index contributed by atoms with van der Waals surface area (Å²) in [4.78, 5) is 26.7. The number of carbonyl (C=O) groups is 2. The lowest BCUT2D eigenvalue weighted by molar-refractivity contribution is -0.138. The summed E-state index contributed by atoms with van der Waals surface area (Å²) in [6.45, 7) is 3.38. The molecule has 2 amide bonds. The van der Waals surface area contributed by atoms with Crippen LogP contribution in [0.25, 0.3) is 10.6 Å². The Labute approximate surface area is 173 Å². The summed E-state index contributed by atoms with van der Waals surface area (Å²) in [5.41, 5.74) is 0.854. The molecule has 2 aromatic rings. The van der Waals surface area contributed by atoms with Crippen molar-refractivity contribution in [1.82, 2.24) is 15.1 Å². The maximum absolute atomic E-state index is 12.5. The average Bonchev–Trinajstić information content (AvgIpc) is 3.32. The van der Waals surface area contributed by atoms with Crippen molar-refractivity contribution in [3.8, 4) is 22.1 Å². The number of nitrogens with zero attached hydrogens (tertiary/aromatic N) is 3. The van der Waals surface area contributed by atoms with Crippen molar-refractivity contribution in [1.29, 1.82) is 0 Å². The third-order valence-electron chi connectivity index (χ3n) is 5.16. The maximum Gasteiger partial charge on any atom is 0.231 e. The van der Waals surface area contributed by atoms with Crippen molar-refractivity contribution in [2.75, 3.05) is 25.2 Å². The topological polar surface area (TPSA) is 93.7 Å². The molecule has 0 saturated heterocycles. The summed E-state index contributed by atoms with van der Waals surface area (Å²) < 4.78 is 10.7.